The van der Waals surface area contributed by atoms with Crippen molar-refractivity contribution < 1.29 is 14.0 Å². The Morgan fingerprint density at radius 3 is 2.76 bits per heavy atom. The Kier molecular flexibility index (Phi) is 3.43. The number of hydrogen-bond acceptors (Lipinski definition) is 2. The lowest BCUT2D eigenvalue weighted by Crippen LogP contribution is -2.63. The summed E-state index contributed by atoms with van der Waals surface area (Å²) in [6, 6.07) is 3.48. The van der Waals surface area contributed by atoms with Crippen LogP contribution in [-0.2, 0) is 9.59 Å². The monoisotopic (exact) mass is 290 g/mol. The summed E-state index contributed by atoms with van der Waals surface area (Å²) in [4.78, 5) is 28.6. The Morgan fingerprint density at radius 1 is 1.29 bits per heavy atom. The van der Waals surface area contributed by atoms with E-state index < -0.39 is 6.04 Å². The van der Waals surface area contributed by atoms with Gasteiger partial charge in [0.05, 0.1) is 5.69 Å². The van der Waals surface area contributed by atoms with Crippen LogP contribution >= 0.6 is 0 Å². The van der Waals surface area contributed by atoms with Crippen LogP contribution in [0.15, 0.2) is 18.2 Å². The summed E-state index contributed by atoms with van der Waals surface area (Å²) in [6.07, 6.45) is 2.09. The summed E-state index contributed by atoms with van der Waals surface area (Å²) in [6.45, 7) is 4.37. The molecule has 2 atom stereocenters. The fraction of sp³-hybridized carbons (Fsp3) is 0.500. The number of piperazine rings is 1. The number of amides is 2. The van der Waals surface area contributed by atoms with E-state index in [-0.39, 0.29) is 23.7 Å². The smallest absolute Gasteiger partial charge is 0.250 e. The van der Waals surface area contributed by atoms with Gasteiger partial charge in [0.15, 0.2) is 0 Å². The van der Waals surface area contributed by atoms with Crippen molar-refractivity contribution in [2.24, 2.45) is 0 Å². The Morgan fingerprint density at radius 2 is 2.05 bits per heavy atom. The molecular weight excluding hydrogens is 271 g/mol. The van der Waals surface area contributed by atoms with E-state index in [0.717, 1.165) is 12.0 Å². The number of rotatable bonds is 2. The zero-order valence-electron chi connectivity index (χ0n) is 12.3. The first kappa shape index (κ1) is 14.0. The van der Waals surface area contributed by atoms with Crippen LogP contribution in [0.2, 0.25) is 0 Å². The maximum absolute atomic E-state index is 13.6. The van der Waals surface area contributed by atoms with Gasteiger partial charge in [-0.2, -0.15) is 0 Å². The molecule has 2 saturated heterocycles. The predicted octanol–water partition coefficient (Wildman–Crippen LogP) is 2.25. The molecule has 21 heavy (non-hydrogen) atoms. The fourth-order valence-corrected chi connectivity index (χ4v) is 3.39. The molecule has 0 spiro atoms. The quantitative estimate of drug-likeness (QED) is 0.838. The molecule has 5 heteroatoms. The highest BCUT2D eigenvalue weighted by atomic mass is 19.1. The third kappa shape index (κ3) is 2.11. The molecule has 112 valence electrons. The van der Waals surface area contributed by atoms with Gasteiger partial charge in [0, 0.05) is 6.54 Å². The van der Waals surface area contributed by atoms with Crippen LogP contribution < -0.4 is 4.90 Å². The molecule has 2 aliphatic rings. The maximum atomic E-state index is 13.6. The second kappa shape index (κ2) is 5.13. The van der Waals surface area contributed by atoms with Gasteiger partial charge in [-0.25, -0.2) is 4.39 Å². The number of carbonyl (C=O) groups excluding carboxylic acids is 2. The Balaban J connectivity index is 2.08. The van der Waals surface area contributed by atoms with E-state index in [4.69, 9.17) is 0 Å². The molecule has 0 saturated carbocycles. The molecule has 0 aliphatic carbocycles. The van der Waals surface area contributed by atoms with Crippen molar-refractivity contribution >= 4 is 17.5 Å². The van der Waals surface area contributed by atoms with E-state index in [0.29, 0.717) is 25.1 Å². The number of aryl methyl sites for hydroxylation is 1. The molecule has 1 aromatic rings. The molecule has 1 aromatic carbocycles. The summed E-state index contributed by atoms with van der Waals surface area (Å²) in [5.74, 6) is -0.476. The third-order valence-corrected chi connectivity index (χ3v) is 4.47. The number of halogens is 1. The zero-order chi connectivity index (χ0) is 15.1. The summed E-state index contributed by atoms with van der Waals surface area (Å²) in [5.41, 5.74) is 1.33. The van der Waals surface area contributed by atoms with Crippen molar-refractivity contribution in [3.63, 3.8) is 0 Å². The van der Waals surface area contributed by atoms with Crippen LogP contribution in [-0.4, -0.2) is 35.3 Å². The normalized spacial score (nSPS) is 25.5. The SMILES string of the molecule is CCC1C(=O)N2CCCC2C(=O)N1c1cc(F)ccc1C. The van der Waals surface area contributed by atoms with Crippen LogP contribution in [0, 0.1) is 12.7 Å². The molecule has 2 heterocycles. The molecular formula is C16H19FN2O2. The van der Waals surface area contributed by atoms with Crippen LogP contribution in [0.5, 0.6) is 0 Å². The molecule has 2 amide bonds. The topological polar surface area (TPSA) is 40.6 Å². The minimum Gasteiger partial charge on any atom is -0.329 e. The molecule has 2 fully saturated rings. The minimum atomic E-state index is -0.521. The number of anilines is 1. The largest absolute Gasteiger partial charge is 0.329 e. The zero-order valence-corrected chi connectivity index (χ0v) is 12.3. The van der Waals surface area contributed by atoms with E-state index in [1.807, 2.05) is 13.8 Å². The Bertz CT molecular complexity index is 602. The first-order valence-electron chi connectivity index (χ1n) is 7.44. The lowest BCUT2D eigenvalue weighted by atomic mass is 10.0. The van der Waals surface area contributed by atoms with Crippen LogP contribution in [0.1, 0.15) is 31.7 Å². The van der Waals surface area contributed by atoms with Gasteiger partial charge in [0.2, 0.25) is 5.91 Å². The maximum Gasteiger partial charge on any atom is 0.250 e. The van der Waals surface area contributed by atoms with Crippen molar-refractivity contribution in [1.29, 1.82) is 0 Å². The van der Waals surface area contributed by atoms with Crippen molar-refractivity contribution in [1.82, 2.24) is 4.90 Å². The Labute approximate surface area is 123 Å². The van der Waals surface area contributed by atoms with Gasteiger partial charge in [-0.1, -0.05) is 13.0 Å². The van der Waals surface area contributed by atoms with Crippen LogP contribution in [0.25, 0.3) is 0 Å². The highest BCUT2D eigenvalue weighted by Crippen LogP contribution is 2.33. The molecule has 0 radical (unpaired) electrons. The van der Waals surface area contributed by atoms with E-state index in [9.17, 15) is 14.0 Å². The van der Waals surface area contributed by atoms with Gasteiger partial charge in [-0.05, 0) is 43.9 Å². The van der Waals surface area contributed by atoms with Crippen molar-refractivity contribution in [3.8, 4) is 0 Å². The molecule has 4 nitrogen and oxygen atoms in total. The number of nitrogens with zero attached hydrogens (tertiary/aromatic N) is 2. The van der Waals surface area contributed by atoms with Gasteiger partial charge in [0.25, 0.3) is 5.91 Å². The fourth-order valence-electron chi connectivity index (χ4n) is 3.39. The van der Waals surface area contributed by atoms with Crippen LogP contribution in [0.4, 0.5) is 10.1 Å². The van der Waals surface area contributed by atoms with Gasteiger partial charge in [-0.15, -0.1) is 0 Å². The molecule has 3 rings (SSSR count). The second-order valence-electron chi connectivity index (χ2n) is 5.75. The second-order valence-corrected chi connectivity index (χ2v) is 5.75. The molecule has 2 unspecified atom stereocenters. The van der Waals surface area contributed by atoms with Gasteiger partial charge >= 0.3 is 0 Å². The first-order valence-corrected chi connectivity index (χ1v) is 7.44. The summed E-state index contributed by atoms with van der Waals surface area (Å²) in [5, 5.41) is 0. The van der Waals surface area contributed by atoms with Gasteiger partial charge in [0.1, 0.15) is 17.9 Å². The highest BCUT2D eigenvalue weighted by molar-refractivity contribution is 6.09. The van der Waals surface area contributed by atoms with Gasteiger partial charge in [-0.3, -0.25) is 14.5 Å². The molecule has 0 bridgehead atoms. The van der Waals surface area contributed by atoms with E-state index in [1.165, 1.54) is 17.0 Å². The number of carbonyl (C=O) groups is 2. The number of benzene rings is 1. The summed E-state index contributed by atoms with van der Waals surface area (Å²) >= 11 is 0. The van der Waals surface area contributed by atoms with Crippen molar-refractivity contribution in [2.75, 3.05) is 11.4 Å². The highest BCUT2D eigenvalue weighted by Gasteiger charge is 2.47. The average molecular weight is 290 g/mol. The standard InChI is InChI=1S/C16H19FN2O2/c1-3-12-15(20)18-8-4-5-13(18)16(21)19(12)14-9-11(17)7-6-10(14)2/h6-7,9,12-13H,3-5,8H2,1-2H3. The number of hydrogen-bond donors (Lipinski definition) is 0. The van der Waals surface area contributed by atoms with Crippen LogP contribution in [0.3, 0.4) is 0 Å². The Hall–Kier alpha value is -1.91. The van der Waals surface area contributed by atoms with Crippen molar-refractivity contribution in [3.05, 3.63) is 29.6 Å². The van der Waals surface area contributed by atoms with Gasteiger partial charge < -0.3 is 4.90 Å². The lowest BCUT2D eigenvalue weighted by Gasteiger charge is -2.42. The molecule has 0 aromatic heterocycles. The summed E-state index contributed by atoms with van der Waals surface area (Å²) in [7, 11) is 0. The lowest BCUT2D eigenvalue weighted by molar-refractivity contribution is -0.144. The van der Waals surface area contributed by atoms with Crippen molar-refractivity contribution in [2.45, 2.75) is 45.2 Å². The predicted molar refractivity (Wildman–Crippen MR) is 77.4 cm³/mol. The summed E-state index contributed by atoms with van der Waals surface area (Å²) < 4.78 is 13.6. The van der Waals surface area contributed by atoms with E-state index in [2.05, 4.69) is 0 Å². The molecule has 2 aliphatic heterocycles. The average Bonchev–Trinajstić information content (AvgIpc) is 2.95. The van der Waals surface area contributed by atoms with E-state index in [1.54, 1.807) is 11.0 Å². The van der Waals surface area contributed by atoms with E-state index >= 15 is 0 Å². The minimum absolute atomic E-state index is 0.0109. The first-order chi connectivity index (χ1) is 10.0. The molecule has 0 N–H and O–H groups in total. The number of fused-ring (bicyclic) bond motifs is 1. The third-order valence-electron chi connectivity index (χ3n) is 4.47.